The van der Waals surface area contributed by atoms with Crippen molar-refractivity contribution in [2.45, 2.75) is 13.3 Å². The van der Waals surface area contributed by atoms with Gasteiger partial charge in [0.25, 0.3) is 0 Å². The second-order valence-electron chi connectivity index (χ2n) is 2.81. The van der Waals surface area contributed by atoms with Crippen molar-refractivity contribution in [3.05, 3.63) is 30.1 Å². The number of halogens is 1. The summed E-state index contributed by atoms with van der Waals surface area (Å²) in [5.74, 6) is 0.715. The third kappa shape index (κ3) is 1.48. The minimum Gasteiger partial charge on any atom is -0.263 e. The summed E-state index contributed by atoms with van der Waals surface area (Å²) in [4.78, 5) is 7.78. The molecule has 2 aromatic heterocycles. The first-order valence-electron chi connectivity index (χ1n) is 4.32. The van der Waals surface area contributed by atoms with Crippen molar-refractivity contribution in [3.8, 4) is 11.4 Å². The smallest absolute Gasteiger partial charge is 0.184 e. The van der Waals surface area contributed by atoms with Gasteiger partial charge in [-0.05, 0) is 6.07 Å². The van der Waals surface area contributed by atoms with Gasteiger partial charge >= 0.3 is 0 Å². The first kappa shape index (κ1) is 8.80. The Balaban J connectivity index is 2.44. The number of rotatable bonds is 2. The predicted octanol–water partition coefficient (Wildman–Crippen LogP) is 1.57. The molecule has 0 saturated carbocycles. The largest absolute Gasteiger partial charge is 0.263 e. The Bertz CT molecular complexity index is 438. The molecule has 5 heteroatoms. The van der Waals surface area contributed by atoms with Gasteiger partial charge in [-0.1, -0.05) is 6.92 Å². The third-order valence-electron chi connectivity index (χ3n) is 1.88. The van der Waals surface area contributed by atoms with E-state index in [4.69, 9.17) is 0 Å². The van der Waals surface area contributed by atoms with Crippen LogP contribution in [0.4, 0.5) is 4.39 Å². The van der Waals surface area contributed by atoms with Gasteiger partial charge in [0.2, 0.25) is 0 Å². The zero-order chi connectivity index (χ0) is 9.97. The standard InChI is InChI=1S/C9H9FN4/c1-2-8-12-9(14-13-8)6-3-4-11-5-7(6)10/h3-5H,2H2,1H3,(H,12,13,14). The van der Waals surface area contributed by atoms with E-state index in [1.807, 2.05) is 6.92 Å². The Hall–Kier alpha value is -1.78. The fraction of sp³-hybridized carbons (Fsp3) is 0.222. The summed E-state index contributed by atoms with van der Waals surface area (Å²) in [6, 6.07) is 1.55. The van der Waals surface area contributed by atoms with Crippen molar-refractivity contribution in [2.75, 3.05) is 0 Å². The molecule has 72 valence electrons. The van der Waals surface area contributed by atoms with Gasteiger partial charge in [0.05, 0.1) is 11.8 Å². The van der Waals surface area contributed by atoms with E-state index in [-0.39, 0.29) is 0 Å². The summed E-state index contributed by atoms with van der Waals surface area (Å²) in [6.45, 7) is 1.95. The second kappa shape index (κ2) is 3.53. The highest BCUT2D eigenvalue weighted by molar-refractivity contribution is 5.54. The van der Waals surface area contributed by atoms with Gasteiger partial charge in [-0.15, -0.1) is 0 Å². The number of nitrogens with zero attached hydrogens (tertiary/aromatic N) is 3. The van der Waals surface area contributed by atoms with Crippen LogP contribution in [0.5, 0.6) is 0 Å². The summed E-state index contributed by atoms with van der Waals surface area (Å²) >= 11 is 0. The Labute approximate surface area is 80.2 Å². The normalized spacial score (nSPS) is 10.4. The highest BCUT2D eigenvalue weighted by Gasteiger charge is 2.09. The van der Waals surface area contributed by atoms with Crippen LogP contribution < -0.4 is 0 Å². The van der Waals surface area contributed by atoms with Crippen LogP contribution in [0.25, 0.3) is 11.4 Å². The van der Waals surface area contributed by atoms with Crippen LogP contribution in [0, 0.1) is 5.82 Å². The van der Waals surface area contributed by atoms with E-state index in [0.717, 1.165) is 18.4 Å². The quantitative estimate of drug-likeness (QED) is 0.785. The van der Waals surface area contributed by atoms with E-state index in [2.05, 4.69) is 20.2 Å². The molecule has 0 unspecified atom stereocenters. The van der Waals surface area contributed by atoms with Crippen molar-refractivity contribution in [2.24, 2.45) is 0 Å². The number of H-pyrrole nitrogens is 1. The van der Waals surface area contributed by atoms with Crippen LogP contribution >= 0.6 is 0 Å². The second-order valence-corrected chi connectivity index (χ2v) is 2.81. The molecule has 4 nitrogen and oxygen atoms in total. The maximum Gasteiger partial charge on any atom is 0.184 e. The highest BCUT2D eigenvalue weighted by atomic mass is 19.1. The van der Waals surface area contributed by atoms with Crippen LogP contribution in [-0.4, -0.2) is 20.2 Å². The molecule has 0 spiro atoms. The van der Waals surface area contributed by atoms with Crippen LogP contribution in [-0.2, 0) is 6.42 Å². The minimum atomic E-state index is -0.408. The van der Waals surface area contributed by atoms with E-state index < -0.39 is 5.82 Å². The number of aryl methyl sites for hydroxylation is 1. The molecule has 0 amide bonds. The fourth-order valence-electron chi connectivity index (χ4n) is 1.13. The van der Waals surface area contributed by atoms with Gasteiger partial charge in [-0.2, -0.15) is 5.10 Å². The lowest BCUT2D eigenvalue weighted by atomic mass is 10.2. The van der Waals surface area contributed by atoms with Crippen molar-refractivity contribution in [1.29, 1.82) is 0 Å². The molecule has 2 aromatic rings. The first-order valence-corrected chi connectivity index (χ1v) is 4.32. The Kier molecular flexibility index (Phi) is 2.22. The molecule has 0 radical (unpaired) electrons. The van der Waals surface area contributed by atoms with Crippen molar-refractivity contribution in [3.63, 3.8) is 0 Å². The molecule has 0 aromatic carbocycles. The number of hydrogen-bond donors (Lipinski definition) is 1. The number of nitrogens with one attached hydrogen (secondary N) is 1. The maximum absolute atomic E-state index is 13.2. The first-order chi connectivity index (χ1) is 6.81. The summed E-state index contributed by atoms with van der Waals surface area (Å²) in [5, 5.41) is 6.65. The van der Waals surface area contributed by atoms with E-state index in [1.165, 1.54) is 6.20 Å². The van der Waals surface area contributed by atoms with Crippen molar-refractivity contribution in [1.82, 2.24) is 20.2 Å². The summed E-state index contributed by atoms with van der Waals surface area (Å²) < 4.78 is 13.2. The Morgan fingerprint density at radius 2 is 2.36 bits per heavy atom. The Morgan fingerprint density at radius 3 is 3.00 bits per heavy atom. The van der Waals surface area contributed by atoms with Crippen LogP contribution in [0.1, 0.15) is 12.7 Å². The molecule has 0 fully saturated rings. The molecule has 0 aliphatic carbocycles. The average Bonchev–Trinajstić information content (AvgIpc) is 2.67. The van der Waals surface area contributed by atoms with Crippen LogP contribution in [0.2, 0.25) is 0 Å². The molecule has 0 bridgehead atoms. The molecule has 1 N–H and O–H groups in total. The van der Waals surface area contributed by atoms with Crippen molar-refractivity contribution < 1.29 is 4.39 Å². The van der Waals surface area contributed by atoms with Gasteiger partial charge in [0.1, 0.15) is 5.82 Å². The van der Waals surface area contributed by atoms with E-state index in [9.17, 15) is 4.39 Å². The zero-order valence-electron chi connectivity index (χ0n) is 7.66. The number of aromatic amines is 1. The van der Waals surface area contributed by atoms with Gasteiger partial charge in [0.15, 0.2) is 11.6 Å². The summed E-state index contributed by atoms with van der Waals surface area (Å²) in [5.41, 5.74) is 0.371. The molecule has 0 saturated heterocycles. The number of pyridine rings is 1. The van der Waals surface area contributed by atoms with E-state index in [1.54, 1.807) is 6.07 Å². The van der Waals surface area contributed by atoms with Crippen molar-refractivity contribution >= 4 is 0 Å². The molecule has 2 rings (SSSR count). The highest BCUT2D eigenvalue weighted by Crippen LogP contribution is 2.16. The maximum atomic E-state index is 13.2. The number of aromatic nitrogens is 4. The van der Waals surface area contributed by atoms with Gasteiger partial charge in [-0.3, -0.25) is 10.1 Å². The summed E-state index contributed by atoms with van der Waals surface area (Å²) in [7, 11) is 0. The van der Waals surface area contributed by atoms with Crippen LogP contribution in [0.15, 0.2) is 18.5 Å². The van der Waals surface area contributed by atoms with Crippen LogP contribution in [0.3, 0.4) is 0 Å². The lowest BCUT2D eigenvalue weighted by Gasteiger charge is -1.94. The fourth-order valence-corrected chi connectivity index (χ4v) is 1.13. The lowest BCUT2D eigenvalue weighted by Crippen LogP contribution is -1.87. The molecule has 0 aliphatic heterocycles. The molecule has 0 atom stereocenters. The molecular formula is C9H9FN4. The molecule has 14 heavy (non-hydrogen) atoms. The third-order valence-corrected chi connectivity index (χ3v) is 1.88. The average molecular weight is 192 g/mol. The zero-order valence-corrected chi connectivity index (χ0v) is 7.66. The SMILES string of the molecule is CCc1nc(-c2ccncc2F)n[nH]1. The lowest BCUT2D eigenvalue weighted by molar-refractivity contribution is 0.623. The molecule has 0 aliphatic rings. The van der Waals surface area contributed by atoms with Gasteiger partial charge in [-0.25, -0.2) is 9.37 Å². The van der Waals surface area contributed by atoms with Gasteiger partial charge in [0, 0.05) is 12.6 Å². The monoisotopic (exact) mass is 192 g/mol. The summed E-state index contributed by atoms with van der Waals surface area (Å²) in [6.07, 6.45) is 3.41. The van der Waals surface area contributed by atoms with Gasteiger partial charge < -0.3 is 0 Å². The molecular weight excluding hydrogens is 183 g/mol. The van der Waals surface area contributed by atoms with E-state index in [0.29, 0.717) is 11.4 Å². The number of hydrogen-bond acceptors (Lipinski definition) is 3. The Morgan fingerprint density at radius 1 is 1.50 bits per heavy atom. The topological polar surface area (TPSA) is 54.5 Å². The minimum absolute atomic E-state index is 0.371. The molecule has 2 heterocycles. The van der Waals surface area contributed by atoms with E-state index >= 15 is 0 Å². The predicted molar refractivity (Wildman–Crippen MR) is 48.9 cm³/mol.